The fraction of sp³-hybridized carbons (Fsp3) is 0. The van der Waals surface area contributed by atoms with Gasteiger partial charge in [0.15, 0.2) is 5.16 Å². The molecule has 0 saturated heterocycles. The molecule has 2 aromatic rings. The predicted molar refractivity (Wildman–Crippen MR) is 50.5 cm³/mol. The summed E-state index contributed by atoms with van der Waals surface area (Å²) in [4.78, 5) is 7.13. The summed E-state index contributed by atoms with van der Waals surface area (Å²) in [5.41, 5.74) is 2.00. The first-order valence-electron chi connectivity index (χ1n) is 3.00. The zero-order valence-corrected chi connectivity index (χ0v) is 6.10. The molecule has 1 N–H and O–H groups in total. The van der Waals surface area contributed by atoms with Crippen LogP contribution in [0, 0.1) is 0 Å². The first-order valence-corrected chi connectivity index (χ1v) is 3.45. The third kappa shape index (κ3) is 1.79. The molecule has 0 unspecified atom stereocenters. The van der Waals surface area contributed by atoms with Crippen LogP contribution in [0.5, 0.6) is 0 Å². The maximum absolute atomic E-state index is 4.12. The summed E-state index contributed by atoms with van der Waals surface area (Å²) in [5.74, 6) is 0. The third-order valence-corrected chi connectivity index (χ3v) is 1.59. The Morgan fingerprint density at radius 1 is 1.27 bits per heavy atom. The number of thiol groups is 1. The van der Waals surface area contributed by atoms with Crippen LogP contribution in [0.15, 0.2) is 29.4 Å². The first-order chi connectivity index (χ1) is 4.86. The van der Waals surface area contributed by atoms with Crippen LogP contribution < -0.4 is 0 Å². The fourth-order valence-corrected chi connectivity index (χ4v) is 1.17. The molecule has 1 aromatic heterocycles. The Morgan fingerprint density at radius 3 is 2.73 bits per heavy atom. The van der Waals surface area contributed by atoms with E-state index in [2.05, 4.69) is 22.6 Å². The van der Waals surface area contributed by atoms with Crippen LogP contribution in [0.25, 0.3) is 11.0 Å². The monoisotopic (exact) mass is 174 g/mol. The zero-order valence-electron chi connectivity index (χ0n) is 5.20. The normalized spacial score (nSPS) is 9.55. The van der Waals surface area contributed by atoms with Crippen molar-refractivity contribution < 1.29 is 0 Å². The molecule has 1 aromatic carbocycles. The van der Waals surface area contributed by atoms with Gasteiger partial charge in [0.2, 0.25) is 0 Å². The van der Waals surface area contributed by atoms with Crippen molar-refractivity contribution >= 4 is 53.2 Å². The van der Waals surface area contributed by atoms with Crippen LogP contribution in [0.1, 0.15) is 0 Å². The van der Waals surface area contributed by atoms with E-state index >= 15 is 0 Å². The van der Waals surface area contributed by atoms with Gasteiger partial charge in [0, 0.05) is 0 Å². The van der Waals surface area contributed by atoms with Gasteiger partial charge in [-0.2, -0.15) is 0 Å². The number of rotatable bonds is 0. The number of benzene rings is 1. The third-order valence-electron chi connectivity index (χ3n) is 1.38. The van der Waals surface area contributed by atoms with Crippen molar-refractivity contribution in [1.82, 2.24) is 9.97 Å². The second-order valence-corrected chi connectivity index (χ2v) is 2.50. The number of aromatic amines is 1. The molecule has 1 heterocycles. The van der Waals surface area contributed by atoms with Crippen LogP contribution >= 0.6 is 12.6 Å². The number of nitrogens with zero attached hydrogens (tertiary/aromatic N) is 1. The number of imidazole rings is 1. The summed E-state index contributed by atoms with van der Waals surface area (Å²) >= 11 is 4.08. The number of fused-ring (bicyclic) bond motifs is 1. The van der Waals surface area contributed by atoms with Gasteiger partial charge in [-0.15, -0.1) is 12.6 Å². The topological polar surface area (TPSA) is 28.7 Å². The number of para-hydroxylation sites is 2. The van der Waals surface area contributed by atoms with Gasteiger partial charge in [-0.25, -0.2) is 4.98 Å². The molecular weight excluding hydrogens is 167 g/mol. The number of H-pyrrole nitrogens is 1. The van der Waals surface area contributed by atoms with E-state index in [4.69, 9.17) is 0 Å². The van der Waals surface area contributed by atoms with Gasteiger partial charge in [0.25, 0.3) is 0 Å². The molecule has 2 nitrogen and oxygen atoms in total. The Kier molecular flexibility index (Phi) is 3.01. The molecule has 0 atom stereocenters. The van der Waals surface area contributed by atoms with Crippen molar-refractivity contribution in [3.05, 3.63) is 24.3 Å². The summed E-state index contributed by atoms with van der Waals surface area (Å²) in [6, 6.07) is 7.84. The number of hydrogen-bond acceptors (Lipinski definition) is 2. The summed E-state index contributed by atoms with van der Waals surface area (Å²) in [6.07, 6.45) is 0. The maximum atomic E-state index is 4.12. The van der Waals surface area contributed by atoms with Gasteiger partial charge in [0.1, 0.15) is 0 Å². The van der Waals surface area contributed by atoms with Crippen LogP contribution in [-0.4, -0.2) is 39.5 Å². The summed E-state index contributed by atoms with van der Waals surface area (Å²) in [7, 11) is 0. The average Bonchev–Trinajstić information content (AvgIpc) is 2.27. The zero-order chi connectivity index (χ0) is 6.97. The standard InChI is InChI=1S/C7H6N2S.Na.H/c10-7-8-5-3-1-2-4-6(5)9-7;;/h1-4H,(H2,8,9,10);;. The second-order valence-electron chi connectivity index (χ2n) is 2.08. The van der Waals surface area contributed by atoms with Crippen molar-refractivity contribution in [2.24, 2.45) is 0 Å². The second kappa shape index (κ2) is 3.63. The van der Waals surface area contributed by atoms with E-state index in [1.807, 2.05) is 24.3 Å². The Balaban J connectivity index is 0.000000605. The van der Waals surface area contributed by atoms with E-state index in [0.717, 1.165) is 11.0 Å². The first kappa shape index (κ1) is 9.13. The quantitative estimate of drug-likeness (QED) is 0.456. The summed E-state index contributed by atoms with van der Waals surface area (Å²) in [6.45, 7) is 0. The minimum absolute atomic E-state index is 0. The van der Waals surface area contributed by atoms with E-state index in [1.54, 1.807) is 0 Å². The molecule has 11 heavy (non-hydrogen) atoms. The molecule has 0 fully saturated rings. The van der Waals surface area contributed by atoms with Gasteiger partial charge < -0.3 is 4.98 Å². The number of nitrogens with one attached hydrogen (secondary N) is 1. The molecule has 0 amide bonds. The van der Waals surface area contributed by atoms with E-state index in [9.17, 15) is 0 Å². The van der Waals surface area contributed by atoms with Crippen molar-refractivity contribution in [2.75, 3.05) is 0 Å². The van der Waals surface area contributed by atoms with Crippen LogP contribution in [0.4, 0.5) is 0 Å². The van der Waals surface area contributed by atoms with E-state index in [0.29, 0.717) is 5.16 Å². The molecule has 0 spiro atoms. The van der Waals surface area contributed by atoms with Gasteiger partial charge in [0.05, 0.1) is 11.0 Å². The van der Waals surface area contributed by atoms with Crippen molar-refractivity contribution in [1.29, 1.82) is 0 Å². The van der Waals surface area contributed by atoms with Crippen LogP contribution in [0.3, 0.4) is 0 Å². The molecular formula is C7H7N2NaS. The molecule has 0 saturated carbocycles. The van der Waals surface area contributed by atoms with Gasteiger partial charge >= 0.3 is 29.6 Å². The molecule has 4 heteroatoms. The molecule has 2 rings (SSSR count). The molecule has 0 aliphatic heterocycles. The van der Waals surface area contributed by atoms with Gasteiger partial charge in [-0.1, -0.05) is 12.1 Å². The number of aromatic nitrogens is 2. The number of hydrogen-bond donors (Lipinski definition) is 2. The minimum atomic E-state index is 0. The Morgan fingerprint density at radius 2 is 2.00 bits per heavy atom. The molecule has 0 aliphatic rings. The van der Waals surface area contributed by atoms with Crippen molar-refractivity contribution in [3.8, 4) is 0 Å². The van der Waals surface area contributed by atoms with E-state index < -0.39 is 0 Å². The van der Waals surface area contributed by atoms with Gasteiger partial charge in [-0.05, 0) is 12.1 Å². The van der Waals surface area contributed by atoms with Gasteiger partial charge in [-0.3, -0.25) is 0 Å². The Bertz CT molecular complexity index is 325. The van der Waals surface area contributed by atoms with Crippen molar-refractivity contribution in [2.45, 2.75) is 5.16 Å². The Hall–Kier alpha value is 0.0400. The van der Waals surface area contributed by atoms with Crippen molar-refractivity contribution in [3.63, 3.8) is 0 Å². The molecule has 52 valence electrons. The van der Waals surface area contributed by atoms with Crippen LogP contribution in [-0.2, 0) is 0 Å². The SMILES string of the molecule is Sc1nc2ccccc2[nH]1.[NaH]. The fourth-order valence-electron chi connectivity index (χ4n) is 0.939. The molecule has 0 aliphatic carbocycles. The predicted octanol–water partition coefficient (Wildman–Crippen LogP) is 1.20. The average molecular weight is 174 g/mol. The molecule has 0 bridgehead atoms. The van der Waals surface area contributed by atoms with Crippen LogP contribution in [0.2, 0.25) is 0 Å². The Labute approximate surface area is 92.1 Å². The molecule has 0 radical (unpaired) electrons. The summed E-state index contributed by atoms with van der Waals surface area (Å²) in [5, 5.41) is 0.668. The van der Waals surface area contributed by atoms with E-state index in [1.165, 1.54) is 0 Å². The summed E-state index contributed by atoms with van der Waals surface area (Å²) < 4.78 is 0. The van der Waals surface area contributed by atoms with E-state index in [-0.39, 0.29) is 29.6 Å².